The molecule has 0 aromatic heterocycles. The maximum atomic E-state index is 9.27. The van der Waals surface area contributed by atoms with Crippen molar-refractivity contribution in [3.63, 3.8) is 0 Å². The Morgan fingerprint density at radius 2 is 1.88 bits per heavy atom. The minimum atomic E-state index is 0.347. The number of hydrogen-bond acceptors (Lipinski definition) is 2. The Kier molecular flexibility index (Phi) is 3.83. The van der Waals surface area contributed by atoms with Gasteiger partial charge in [0.1, 0.15) is 5.75 Å². The second-order valence-electron chi connectivity index (χ2n) is 4.70. The van der Waals surface area contributed by atoms with Crippen molar-refractivity contribution in [3.8, 4) is 5.75 Å². The van der Waals surface area contributed by atoms with E-state index in [-0.39, 0.29) is 0 Å². The van der Waals surface area contributed by atoms with Gasteiger partial charge >= 0.3 is 0 Å². The molecule has 16 heavy (non-hydrogen) atoms. The lowest BCUT2D eigenvalue weighted by molar-refractivity contribution is 0.429. The molecule has 88 valence electrons. The summed E-state index contributed by atoms with van der Waals surface area (Å²) in [7, 11) is 0. The molecule has 0 amide bonds. The molecule has 2 nitrogen and oxygen atoms in total. The monoisotopic (exact) mass is 219 g/mol. The van der Waals surface area contributed by atoms with E-state index in [1.807, 2.05) is 12.1 Å². The van der Waals surface area contributed by atoms with Crippen LogP contribution in [0.25, 0.3) is 0 Å². The molecule has 1 atom stereocenters. The highest BCUT2D eigenvalue weighted by molar-refractivity contribution is 5.28. The predicted octanol–water partition coefficient (Wildman–Crippen LogP) is 3.38. The SMILES string of the molecule is CCC(NC1CCCC1)c1ccc(O)cc1. The van der Waals surface area contributed by atoms with Crippen LogP contribution in [0.1, 0.15) is 50.6 Å². The average molecular weight is 219 g/mol. The van der Waals surface area contributed by atoms with Crippen molar-refractivity contribution in [2.75, 3.05) is 0 Å². The van der Waals surface area contributed by atoms with Crippen LogP contribution in [-0.4, -0.2) is 11.1 Å². The molecule has 1 unspecified atom stereocenters. The molecule has 0 spiro atoms. The summed E-state index contributed by atoms with van der Waals surface area (Å²) in [5.41, 5.74) is 1.28. The van der Waals surface area contributed by atoms with E-state index in [0.29, 0.717) is 17.8 Å². The summed E-state index contributed by atoms with van der Waals surface area (Å²) in [6, 6.07) is 8.71. The number of phenolic OH excluding ortho intramolecular Hbond substituents is 1. The second kappa shape index (κ2) is 5.35. The molecule has 1 aliphatic rings. The Morgan fingerprint density at radius 3 is 2.44 bits per heavy atom. The molecule has 0 bridgehead atoms. The zero-order chi connectivity index (χ0) is 11.4. The largest absolute Gasteiger partial charge is 0.508 e. The summed E-state index contributed by atoms with van der Waals surface area (Å²) >= 11 is 0. The molecule has 0 heterocycles. The smallest absolute Gasteiger partial charge is 0.115 e. The van der Waals surface area contributed by atoms with Gasteiger partial charge in [-0.3, -0.25) is 0 Å². The van der Waals surface area contributed by atoms with Crippen molar-refractivity contribution >= 4 is 0 Å². The van der Waals surface area contributed by atoms with E-state index in [4.69, 9.17) is 0 Å². The fraction of sp³-hybridized carbons (Fsp3) is 0.571. The van der Waals surface area contributed by atoms with Gasteiger partial charge in [-0.05, 0) is 37.0 Å². The van der Waals surface area contributed by atoms with Crippen LogP contribution in [0, 0.1) is 0 Å². The van der Waals surface area contributed by atoms with Crippen molar-refractivity contribution in [1.29, 1.82) is 0 Å². The highest BCUT2D eigenvalue weighted by Crippen LogP contribution is 2.24. The molecular weight excluding hydrogens is 198 g/mol. The third kappa shape index (κ3) is 2.76. The van der Waals surface area contributed by atoms with Gasteiger partial charge in [-0.15, -0.1) is 0 Å². The summed E-state index contributed by atoms with van der Waals surface area (Å²) < 4.78 is 0. The third-order valence-corrected chi connectivity index (χ3v) is 3.50. The molecule has 0 radical (unpaired) electrons. The molecule has 2 N–H and O–H groups in total. The molecular formula is C14H21NO. The van der Waals surface area contributed by atoms with E-state index in [1.54, 1.807) is 12.1 Å². The first-order valence-electron chi connectivity index (χ1n) is 6.34. The van der Waals surface area contributed by atoms with E-state index in [1.165, 1.54) is 31.2 Å². The molecule has 0 aliphatic heterocycles. The zero-order valence-electron chi connectivity index (χ0n) is 9.95. The van der Waals surface area contributed by atoms with E-state index >= 15 is 0 Å². The molecule has 1 fully saturated rings. The lowest BCUT2D eigenvalue weighted by Crippen LogP contribution is -2.30. The molecule has 1 aromatic rings. The van der Waals surface area contributed by atoms with Crippen LogP contribution in [0.3, 0.4) is 0 Å². The number of nitrogens with one attached hydrogen (secondary N) is 1. The first-order chi connectivity index (χ1) is 7.79. The Bertz CT molecular complexity index is 314. The van der Waals surface area contributed by atoms with Gasteiger partial charge in [-0.1, -0.05) is 31.9 Å². The van der Waals surface area contributed by atoms with Crippen molar-refractivity contribution in [1.82, 2.24) is 5.32 Å². The highest BCUT2D eigenvalue weighted by Gasteiger charge is 2.18. The van der Waals surface area contributed by atoms with Gasteiger partial charge in [-0.2, -0.15) is 0 Å². The Balaban J connectivity index is 2.00. The lowest BCUT2D eigenvalue weighted by Gasteiger charge is -2.22. The van der Waals surface area contributed by atoms with Gasteiger partial charge in [0, 0.05) is 12.1 Å². The van der Waals surface area contributed by atoms with E-state index in [2.05, 4.69) is 12.2 Å². The zero-order valence-corrected chi connectivity index (χ0v) is 9.95. The van der Waals surface area contributed by atoms with Crippen LogP contribution in [-0.2, 0) is 0 Å². The number of rotatable bonds is 4. The molecule has 2 rings (SSSR count). The lowest BCUT2D eigenvalue weighted by atomic mass is 10.0. The van der Waals surface area contributed by atoms with Crippen molar-refractivity contribution in [2.45, 2.75) is 51.1 Å². The maximum Gasteiger partial charge on any atom is 0.115 e. The fourth-order valence-electron chi connectivity index (χ4n) is 2.53. The van der Waals surface area contributed by atoms with Crippen molar-refractivity contribution in [2.24, 2.45) is 0 Å². The van der Waals surface area contributed by atoms with Crippen LogP contribution in [0.5, 0.6) is 5.75 Å². The Morgan fingerprint density at radius 1 is 1.25 bits per heavy atom. The summed E-state index contributed by atoms with van der Waals surface area (Å²) in [6.07, 6.45) is 6.46. The van der Waals surface area contributed by atoms with Crippen molar-refractivity contribution < 1.29 is 5.11 Å². The summed E-state index contributed by atoms with van der Waals surface area (Å²) in [4.78, 5) is 0. The van der Waals surface area contributed by atoms with Crippen LogP contribution in [0.4, 0.5) is 0 Å². The van der Waals surface area contributed by atoms with Gasteiger partial charge in [-0.25, -0.2) is 0 Å². The van der Waals surface area contributed by atoms with Gasteiger partial charge in [0.15, 0.2) is 0 Å². The summed E-state index contributed by atoms with van der Waals surface area (Å²) in [6.45, 7) is 2.21. The van der Waals surface area contributed by atoms with Gasteiger partial charge in [0.05, 0.1) is 0 Å². The van der Waals surface area contributed by atoms with E-state index < -0.39 is 0 Å². The molecule has 1 saturated carbocycles. The topological polar surface area (TPSA) is 32.3 Å². The first kappa shape index (κ1) is 11.5. The van der Waals surface area contributed by atoms with Crippen LogP contribution >= 0.6 is 0 Å². The van der Waals surface area contributed by atoms with Gasteiger partial charge in [0.25, 0.3) is 0 Å². The van der Waals surface area contributed by atoms with E-state index in [9.17, 15) is 5.11 Å². The third-order valence-electron chi connectivity index (χ3n) is 3.50. The number of hydrogen-bond donors (Lipinski definition) is 2. The van der Waals surface area contributed by atoms with Crippen LogP contribution in [0.15, 0.2) is 24.3 Å². The Labute approximate surface area is 97.7 Å². The van der Waals surface area contributed by atoms with Crippen LogP contribution in [0.2, 0.25) is 0 Å². The normalized spacial score (nSPS) is 18.8. The Hall–Kier alpha value is -1.02. The number of benzene rings is 1. The molecule has 0 saturated heterocycles. The standard InChI is InChI=1S/C14H21NO/c1-2-14(15-12-5-3-4-6-12)11-7-9-13(16)10-8-11/h7-10,12,14-16H,2-6H2,1H3. The predicted molar refractivity (Wildman–Crippen MR) is 66.5 cm³/mol. The van der Waals surface area contributed by atoms with Crippen molar-refractivity contribution in [3.05, 3.63) is 29.8 Å². The second-order valence-corrected chi connectivity index (χ2v) is 4.70. The summed E-state index contributed by atoms with van der Waals surface area (Å²) in [5.74, 6) is 0.347. The first-order valence-corrected chi connectivity index (χ1v) is 6.34. The van der Waals surface area contributed by atoms with Crippen LogP contribution < -0.4 is 5.32 Å². The molecule has 2 heteroatoms. The molecule has 1 aromatic carbocycles. The fourth-order valence-corrected chi connectivity index (χ4v) is 2.53. The van der Waals surface area contributed by atoms with E-state index in [0.717, 1.165) is 6.42 Å². The highest BCUT2D eigenvalue weighted by atomic mass is 16.3. The maximum absolute atomic E-state index is 9.27. The minimum Gasteiger partial charge on any atom is -0.508 e. The number of aromatic hydroxyl groups is 1. The minimum absolute atomic E-state index is 0.347. The van der Waals surface area contributed by atoms with Gasteiger partial charge < -0.3 is 10.4 Å². The quantitative estimate of drug-likeness (QED) is 0.813. The average Bonchev–Trinajstić information content (AvgIpc) is 2.80. The summed E-state index contributed by atoms with van der Waals surface area (Å²) in [5, 5.41) is 13.0. The molecule has 1 aliphatic carbocycles. The number of phenols is 1. The van der Waals surface area contributed by atoms with Gasteiger partial charge in [0.2, 0.25) is 0 Å².